The second-order valence-electron chi connectivity index (χ2n) is 4.99. The van der Waals surface area contributed by atoms with Crippen molar-refractivity contribution < 1.29 is 9.13 Å². The summed E-state index contributed by atoms with van der Waals surface area (Å²) in [5.74, 6) is 0.532. The van der Waals surface area contributed by atoms with Crippen LogP contribution >= 0.6 is 15.9 Å². The van der Waals surface area contributed by atoms with E-state index in [1.165, 1.54) is 0 Å². The Kier molecular flexibility index (Phi) is 5.37. The molecule has 2 aromatic carbocycles. The summed E-state index contributed by atoms with van der Waals surface area (Å²) < 4.78 is 20.6. The number of halogens is 2. The summed E-state index contributed by atoms with van der Waals surface area (Å²) >= 11 is 3.48. The molecule has 0 spiro atoms. The van der Waals surface area contributed by atoms with Crippen molar-refractivity contribution in [2.24, 2.45) is 5.73 Å². The predicted molar refractivity (Wildman–Crippen MR) is 87.1 cm³/mol. The van der Waals surface area contributed by atoms with E-state index >= 15 is 0 Å². The van der Waals surface area contributed by atoms with E-state index in [1.807, 2.05) is 24.3 Å². The second-order valence-corrected chi connectivity index (χ2v) is 5.85. The molecular formula is C17H19BrFNO. The summed E-state index contributed by atoms with van der Waals surface area (Å²) in [6.07, 6.45) is 0.947. The third-order valence-corrected chi connectivity index (χ3v) is 3.95. The van der Waals surface area contributed by atoms with Crippen molar-refractivity contribution >= 4 is 15.9 Å². The zero-order valence-corrected chi connectivity index (χ0v) is 13.8. The van der Waals surface area contributed by atoms with E-state index in [-0.39, 0.29) is 5.82 Å². The molecule has 2 rings (SSSR count). The lowest BCUT2D eigenvalue weighted by molar-refractivity contribution is 0.315. The molecule has 0 aromatic heterocycles. The van der Waals surface area contributed by atoms with E-state index in [1.54, 1.807) is 19.1 Å². The lowest BCUT2D eigenvalue weighted by Crippen LogP contribution is -2.14. The van der Waals surface area contributed by atoms with Crippen LogP contribution in [0.25, 0.3) is 0 Å². The molecule has 112 valence electrons. The van der Waals surface area contributed by atoms with Gasteiger partial charge in [0.1, 0.15) is 11.6 Å². The summed E-state index contributed by atoms with van der Waals surface area (Å²) in [6, 6.07) is 10.4. The third-order valence-electron chi connectivity index (χ3n) is 3.33. The van der Waals surface area contributed by atoms with Crippen molar-refractivity contribution in [3.05, 3.63) is 63.4 Å². The Bertz CT molecular complexity index is 630. The molecule has 21 heavy (non-hydrogen) atoms. The number of aryl methyl sites for hydroxylation is 1. The first-order valence-corrected chi connectivity index (χ1v) is 7.76. The van der Waals surface area contributed by atoms with Gasteiger partial charge in [-0.3, -0.25) is 0 Å². The fourth-order valence-corrected chi connectivity index (χ4v) is 2.64. The van der Waals surface area contributed by atoms with Gasteiger partial charge in [-0.1, -0.05) is 31.2 Å². The molecule has 0 heterocycles. The molecule has 2 N–H and O–H groups in total. The molecule has 1 atom stereocenters. The molecule has 0 fully saturated rings. The molecule has 4 heteroatoms. The van der Waals surface area contributed by atoms with Crippen molar-refractivity contribution in [1.82, 2.24) is 0 Å². The third kappa shape index (κ3) is 3.63. The Morgan fingerprint density at radius 2 is 2.05 bits per heavy atom. The monoisotopic (exact) mass is 351 g/mol. The second kappa shape index (κ2) is 7.05. The van der Waals surface area contributed by atoms with E-state index < -0.39 is 6.04 Å². The fourth-order valence-electron chi connectivity index (χ4n) is 2.13. The van der Waals surface area contributed by atoms with Crippen LogP contribution in [0.3, 0.4) is 0 Å². The topological polar surface area (TPSA) is 35.2 Å². The van der Waals surface area contributed by atoms with Gasteiger partial charge >= 0.3 is 0 Å². The maximum Gasteiger partial charge on any atom is 0.133 e. The van der Waals surface area contributed by atoms with Gasteiger partial charge in [-0.15, -0.1) is 0 Å². The molecule has 0 saturated carbocycles. The van der Waals surface area contributed by atoms with Crippen LogP contribution in [0.1, 0.15) is 36.1 Å². The van der Waals surface area contributed by atoms with Crippen LogP contribution in [-0.2, 0) is 0 Å². The van der Waals surface area contributed by atoms with Crippen LogP contribution in [0, 0.1) is 12.7 Å². The average Bonchev–Trinajstić information content (AvgIpc) is 2.48. The summed E-state index contributed by atoms with van der Waals surface area (Å²) in [4.78, 5) is 0. The lowest BCUT2D eigenvalue weighted by Gasteiger charge is -2.16. The Morgan fingerprint density at radius 3 is 2.71 bits per heavy atom. The van der Waals surface area contributed by atoms with Gasteiger partial charge in [0.2, 0.25) is 0 Å². The van der Waals surface area contributed by atoms with E-state index in [0.29, 0.717) is 17.7 Å². The SMILES string of the molecule is CCCOc1ccc(C(N)c2cccc(C)c2F)cc1Br. The average molecular weight is 352 g/mol. The lowest BCUT2D eigenvalue weighted by atomic mass is 9.97. The fraction of sp³-hybridized carbons (Fsp3) is 0.294. The summed E-state index contributed by atoms with van der Waals surface area (Å²) in [7, 11) is 0. The Balaban J connectivity index is 2.29. The van der Waals surface area contributed by atoms with E-state index in [4.69, 9.17) is 10.5 Å². The molecule has 0 amide bonds. The largest absolute Gasteiger partial charge is 0.492 e. The quantitative estimate of drug-likeness (QED) is 0.844. The minimum absolute atomic E-state index is 0.243. The summed E-state index contributed by atoms with van der Waals surface area (Å²) in [5, 5.41) is 0. The van der Waals surface area contributed by atoms with Crippen molar-refractivity contribution in [1.29, 1.82) is 0 Å². The van der Waals surface area contributed by atoms with Gasteiger partial charge in [0.25, 0.3) is 0 Å². The van der Waals surface area contributed by atoms with Crippen molar-refractivity contribution in [2.75, 3.05) is 6.61 Å². The van der Waals surface area contributed by atoms with Crippen LogP contribution in [0.4, 0.5) is 4.39 Å². The number of nitrogens with two attached hydrogens (primary N) is 1. The van der Waals surface area contributed by atoms with E-state index in [2.05, 4.69) is 22.9 Å². The number of hydrogen-bond donors (Lipinski definition) is 1. The van der Waals surface area contributed by atoms with Crippen molar-refractivity contribution in [3.63, 3.8) is 0 Å². The van der Waals surface area contributed by atoms with Gasteiger partial charge in [-0.25, -0.2) is 4.39 Å². The van der Waals surface area contributed by atoms with E-state index in [9.17, 15) is 4.39 Å². The maximum absolute atomic E-state index is 14.2. The molecule has 1 unspecified atom stereocenters. The van der Waals surface area contributed by atoms with Gasteiger partial charge in [0.15, 0.2) is 0 Å². The zero-order valence-electron chi connectivity index (χ0n) is 12.2. The molecule has 0 aliphatic heterocycles. The first-order valence-electron chi connectivity index (χ1n) is 6.97. The molecule has 2 aromatic rings. The van der Waals surface area contributed by atoms with Crippen LogP contribution in [0.5, 0.6) is 5.75 Å². The number of ether oxygens (including phenoxy) is 1. The first kappa shape index (κ1) is 16.0. The smallest absolute Gasteiger partial charge is 0.133 e. The predicted octanol–water partition coefficient (Wildman–Crippen LogP) is 4.73. The summed E-state index contributed by atoms with van der Waals surface area (Å²) in [5.41, 5.74) is 8.15. The molecule has 0 aliphatic rings. The molecule has 0 radical (unpaired) electrons. The Hall–Kier alpha value is -1.39. The molecule has 0 bridgehead atoms. The Labute approximate surface area is 133 Å². The van der Waals surface area contributed by atoms with Crippen LogP contribution in [-0.4, -0.2) is 6.61 Å². The Morgan fingerprint density at radius 1 is 1.29 bits per heavy atom. The minimum atomic E-state index is -0.499. The van der Waals surface area contributed by atoms with Gasteiger partial charge in [0, 0.05) is 5.56 Å². The zero-order chi connectivity index (χ0) is 15.4. The highest BCUT2D eigenvalue weighted by molar-refractivity contribution is 9.10. The van der Waals surface area contributed by atoms with Gasteiger partial charge in [-0.2, -0.15) is 0 Å². The minimum Gasteiger partial charge on any atom is -0.492 e. The van der Waals surface area contributed by atoms with Crippen LogP contribution < -0.4 is 10.5 Å². The standard InChI is InChI=1S/C17H19BrFNO/c1-3-9-21-15-8-7-12(10-14(15)18)17(20)13-6-4-5-11(2)16(13)19/h4-8,10,17H,3,9,20H2,1-2H3. The highest BCUT2D eigenvalue weighted by atomic mass is 79.9. The highest BCUT2D eigenvalue weighted by Crippen LogP contribution is 2.31. The normalized spacial score (nSPS) is 12.2. The van der Waals surface area contributed by atoms with E-state index in [0.717, 1.165) is 22.2 Å². The molecule has 2 nitrogen and oxygen atoms in total. The maximum atomic E-state index is 14.2. The number of benzene rings is 2. The van der Waals surface area contributed by atoms with Crippen LogP contribution in [0.15, 0.2) is 40.9 Å². The van der Waals surface area contributed by atoms with Crippen molar-refractivity contribution in [3.8, 4) is 5.75 Å². The first-order chi connectivity index (χ1) is 10.0. The van der Waals surface area contributed by atoms with Crippen LogP contribution in [0.2, 0.25) is 0 Å². The van der Waals surface area contributed by atoms with Crippen molar-refractivity contribution in [2.45, 2.75) is 26.3 Å². The van der Waals surface area contributed by atoms with Gasteiger partial charge in [0.05, 0.1) is 17.1 Å². The number of rotatable bonds is 5. The highest BCUT2D eigenvalue weighted by Gasteiger charge is 2.16. The molecule has 0 aliphatic carbocycles. The van der Waals surface area contributed by atoms with Gasteiger partial charge < -0.3 is 10.5 Å². The summed E-state index contributed by atoms with van der Waals surface area (Å²) in [6.45, 7) is 4.46. The number of hydrogen-bond acceptors (Lipinski definition) is 2. The molecular weight excluding hydrogens is 333 g/mol. The van der Waals surface area contributed by atoms with Gasteiger partial charge in [-0.05, 0) is 52.5 Å². The molecule has 0 saturated heterocycles.